The van der Waals surface area contributed by atoms with E-state index in [1.807, 2.05) is 48.7 Å². The summed E-state index contributed by atoms with van der Waals surface area (Å²) in [5.74, 6) is 0.540. The third kappa shape index (κ3) is 7.25. The number of thioether (sulfide) groups is 1. The lowest BCUT2D eigenvalue weighted by Gasteiger charge is -2.23. The number of rotatable bonds is 11. The second-order valence-corrected chi connectivity index (χ2v) is 14.4. The van der Waals surface area contributed by atoms with Gasteiger partial charge in [0.2, 0.25) is 5.88 Å². The number of benzene rings is 2. The lowest BCUT2D eigenvalue weighted by Crippen LogP contribution is -2.26. The lowest BCUT2D eigenvalue weighted by molar-refractivity contribution is -0.146. The number of aromatic amines is 1. The number of carboxylic acids is 1. The summed E-state index contributed by atoms with van der Waals surface area (Å²) < 4.78 is 11.6. The molecule has 0 amide bonds. The first kappa shape index (κ1) is 31.1. The molecule has 7 nitrogen and oxygen atoms in total. The summed E-state index contributed by atoms with van der Waals surface area (Å²) in [4.78, 5) is 25.6. The minimum absolute atomic E-state index is 0.104. The largest absolute Gasteiger partial charge is 0.487 e. The number of fused-ring (bicyclic) bond motifs is 1. The molecule has 44 heavy (non-hydrogen) atoms. The number of nitrogens with zero attached hydrogens (tertiary/aromatic N) is 2. The molecule has 0 unspecified atom stereocenters. The van der Waals surface area contributed by atoms with E-state index >= 15 is 0 Å². The number of methoxy groups -OCH3 is 1. The second-order valence-electron chi connectivity index (χ2n) is 12.6. The quantitative estimate of drug-likeness (QED) is 0.145. The van der Waals surface area contributed by atoms with Gasteiger partial charge in [-0.05, 0) is 55.3 Å². The van der Waals surface area contributed by atoms with Gasteiger partial charge in [-0.15, -0.1) is 11.8 Å². The molecule has 2 N–H and O–H groups in total. The van der Waals surface area contributed by atoms with Crippen molar-refractivity contribution in [2.24, 2.45) is 5.41 Å². The van der Waals surface area contributed by atoms with Crippen molar-refractivity contribution >= 4 is 28.6 Å². The maximum atomic E-state index is 12.1. The molecule has 0 aliphatic heterocycles. The zero-order chi connectivity index (χ0) is 31.5. The van der Waals surface area contributed by atoms with Gasteiger partial charge >= 0.3 is 5.97 Å². The molecule has 3 heterocycles. The number of hydrogen-bond acceptors (Lipinski definition) is 6. The Morgan fingerprint density at radius 2 is 1.68 bits per heavy atom. The molecule has 5 rings (SSSR count). The normalized spacial score (nSPS) is 12.0. The van der Waals surface area contributed by atoms with Gasteiger partial charge in [0.15, 0.2) is 0 Å². The van der Waals surface area contributed by atoms with Crippen LogP contribution in [0.25, 0.3) is 22.0 Å². The van der Waals surface area contributed by atoms with Gasteiger partial charge in [-0.2, -0.15) is 0 Å². The maximum Gasteiger partial charge on any atom is 0.309 e. The van der Waals surface area contributed by atoms with Gasteiger partial charge in [0.05, 0.1) is 18.2 Å². The third-order valence-corrected chi connectivity index (χ3v) is 8.64. The van der Waals surface area contributed by atoms with Gasteiger partial charge in [0.1, 0.15) is 12.4 Å². The van der Waals surface area contributed by atoms with Crippen LogP contribution in [0, 0.1) is 5.41 Å². The van der Waals surface area contributed by atoms with Gasteiger partial charge in [-0.1, -0.05) is 51.1 Å². The van der Waals surface area contributed by atoms with Crippen LogP contribution in [-0.2, 0) is 24.2 Å². The van der Waals surface area contributed by atoms with Gasteiger partial charge in [0.25, 0.3) is 0 Å². The van der Waals surface area contributed by atoms with E-state index in [4.69, 9.17) is 9.47 Å². The summed E-state index contributed by atoms with van der Waals surface area (Å²) in [7, 11) is 1.61. The lowest BCUT2D eigenvalue weighted by atomic mass is 9.88. The molecule has 0 saturated carbocycles. The van der Waals surface area contributed by atoms with Crippen LogP contribution in [0.5, 0.6) is 11.6 Å². The molecule has 0 aliphatic carbocycles. The Kier molecular flexibility index (Phi) is 9.02. The van der Waals surface area contributed by atoms with Gasteiger partial charge in [0, 0.05) is 68.7 Å². The predicted molar refractivity (Wildman–Crippen MR) is 177 cm³/mol. The Hall–Kier alpha value is -4.30. The van der Waals surface area contributed by atoms with Crippen molar-refractivity contribution in [2.45, 2.75) is 63.7 Å². The highest BCUT2D eigenvalue weighted by atomic mass is 32.2. The molecule has 228 valence electrons. The number of pyridine rings is 2. The fourth-order valence-electron chi connectivity index (χ4n) is 5.06. The highest BCUT2D eigenvalue weighted by molar-refractivity contribution is 8.00. The molecule has 8 heteroatoms. The third-order valence-electron chi connectivity index (χ3n) is 7.38. The first-order chi connectivity index (χ1) is 20.9. The number of carbonyl (C=O) groups is 1. The van der Waals surface area contributed by atoms with Crippen molar-refractivity contribution in [3.05, 3.63) is 102 Å². The van der Waals surface area contributed by atoms with Gasteiger partial charge < -0.3 is 19.6 Å². The van der Waals surface area contributed by atoms with Crippen LogP contribution >= 0.6 is 11.8 Å². The molecule has 0 bridgehead atoms. The molecular formula is C36H39N3O4S. The van der Waals surface area contributed by atoms with Crippen LogP contribution < -0.4 is 9.47 Å². The maximum absolute atomic E-state index is 12.1. The number of aliphatic carboxylic acids is 1. The average Bonchev–Trinajstić information content (AvgIpc) is 3.32. The van der Waals surface area contributed by atoms with Crippen LogP contribution in [0.4, 0.5) is 0 Å². The van der Waals surface area contributed by atoms with Crippen molar-refractivity contribution in [1.29, 1.82) is 0 Å². The Morgan fingerprint density at radius 3 is 2.30 bits per heavy atom. The summed E-state index contributed by atoms with van der Waals surface area (Å²) in [6, 6.07) is 22.2. The highest BCUT2D eigenvalue weighted by Gasteiger charge is 2.32. The first-order valence-electron chi connectivity index (χ1n) is 14.6. The van der Waals surface area contributed by atoms with Crippen molar-refractivity contribution < 1.29 is 19.4 Å². The molecule has 0 fully saturated rings. The van der Waals surface area contributed by atoms with E-state index in [1.54, 1.807) is 38.9 Å². The molecule has 3 aromatic heterocycles. The molecule has 0 aliphatic rings. The van der Waals surface area contributed by atoms with Crippen molar-refractivity contribution in [1.82, 2.24) is 15.0 Å². The van der Waals surface area contributed by atoms with E-state index in [2.05, 4.69) is 60.0 Å². The molecule has 0 radical (unpaired) electrons. The van der Waals surface area contributed by atoms with Crippen LogP contribution in [0.1, 0.15) is 57.1 Å². The number of H-pyrrole nitrogens is 1. The fraction of sp³-hybridized carbons (Fsp3) is 0.306. The van der Waals surface area contributed by atoms with E-state index < -0.39 is 11.4 Å². The van der Waals surface area contributed by atoms with E-state index in [9.17, 15) is 9.90 Å². The summed E-state index contributed by atoms with van der Waals surface area (Å²) in [5.41, 5.74) is 6.07. The summed E-state index contributed by atoms with van der Waals surface area (Å²) in [6.07, 6.45) is 4.59. The topological polar surface area (TPSA) is 97.3 Å². The van der Waals surface area contributed by atoms with Crippen molar-refractivity contribution in [3.63, 3.8) is 0 Å². The first-order valence-corrected chi connectivity index (χ1v) is 15.5. The Morgan fingerprint density at radius 1 is 0.932 bits per heavy atom. The number of aromatic nitrogens is 3. The molecule has 5 aromatic rings. The van der Waals surface area contributed by atoms with Crippen molar-refractivity contribution in [2.75, 3.05) is 7.11 Å². The smallest absolute Gasteiger partial charge is 0.309 e. The Labute approximate surface area is 263 Å². The number of hydrogen-bond donors (Lipinski definition) is 2. The molecular weight excluding hydrogens is 570 g/mol. The molecule has 0 atom stereocenters. The Balaban J connectivity index is 1.60. The summed E-state index contributed by atoms with van der Waals surface area (Å²) >= 11 is 1.76. The van der Waals surface area contributed by atoms with E-state index in [1.165, 1.54) is 0 Å². The second kappa shape index (κ2) is 12.7. The van der Waals surface area contributed by atoms with Gasteiger partial charge in [-0.3, -0.25) is 9.78 Å². The van der Waals surface area contributed by atoms with Crippen molar-refractivity contribution in [3.8, 4) is 22.8 Å². The zero-order valence-corrected chi connectivity index (χ0v) is 26.9. The van der Waals surface area contributed by atoms with E-state index in [0.29, 0.717) is 25.3 Å². The molecule has 0 spiro atoms. The minimum Gasteiger partial charge on any atom is -0.487 e. The van der Waals surface area contributed by atoms with Gasteiger partial charge in [-0.25, -0.2) is 4.98 Å². The predicted octanol–water partition coefficient (Wildman–Crippen LogP) is 8.35. The molecule has 0 saturated heterocycles. The molecule has 2 aromatic carbocycles. The highest BCUT2D eigenvalue weighted by Crippen LogP contribution is 2.45. The van der Waals surface area contributed by atoms with Crippen LogP contribution in [-0.4, -0.2) is 37.9 Å². The number of carboxylic acid groups (broad SMARTS) is 1. The standard InChI is InChI=1S/C36H39N3O4S/c1-35(2,3)44-33-29(20-36(4,5)34(40)41)39-28-15-16-30(43-22-26-9-7-8-18-37-26)27(32(28)33)19-23-10-12-24(13-11-23)25-14-17-31(42-6)38-21-25/h7-18,21,39H,19-20,22H2,1-6H3,(H,40,41). The SMILES string of the molecule is COc1ccc(-c2ccc(Cc3c(OCc4ccccn4)ccc4[nH]c(CC(C)(C)C(=O)O)c(SC(C)(C)C)c34)cc2)cn1. The summed E-state index contributed by atoms with van der Waals surface area (Å²) in [6.45, 7) is 10.4. The minimum atomic E-state index is -0.932. The average molecular weight is 610 g/mol. The number of ether oxygens (including phenoxy) is 2. The zero-order valence-electron chi connectivity index (χ0n) is 26.1. The monoisotopic (exact) mass is 609 g/mol. The fourth-order valence-corrected chi connectivity index (χ4v) is 6.25. The number of nitrogens with one attached hydrogen (secondary N) is 1. The van der Waals surface area contributed by atoms with Crippen LogP contribution in [0.2, 0.25) is 0 Å². The van der Waals surface area contributed by atoms with E-state index in [0.717, 1.165) is 55.2 Å². The Bertz CT molecular complexity index is 1740. The van der Waals surface area contributed by atoms with E-state index in [-0.39, 0.29) is 4.75 Å². The van der Waals surface area contributed by atoms with Crippen LogP contribution in [0.15, 0.2) is 84.0 Å². The summed E-state index contributed by atoms with van der Waals surface area (Å²) in [5, 5.41) is 11.0. The van der Waals surface area contributed by atoms with Crippen LogP contribution in [0.3, 0.4) is 0 Å².